The molecule has 1 atom stereocenters. The number of hydrogen-bond acceptors (Lipinski definition) is 2. The number of hydrogen-bond donors (Lipinski definition) is 1. The Morgan fingerprint density at radius 3 is 1.96 bits per heavy atom. The Kier molecular flexibility index (Phi) is 7.86. The zero-order valence-electron chi connectivity index (χ0n) is 16.5. The van der Waals surface area contributed by atoms with Crippen LogP contribution in [0, 0.1) is 0 Å². The van der Waals surface area contributed by atoms with Gasteiger partial charge in [0.2, 0.25) is 5.91 Å². The van der Waals surface area contributed by atoms with Gasteiger partial charge < -0.3 is 5.32 Å². The summed E-state index contributed by atoms with van der Waals surface area (Å²) in [6.07, 6.45) is 0.717. The van der Waals surface area contributed by atoms with Crippen molar-refractivity contribution in [2.75, 3.05) is 13.1 Å². The highest BCUT2D eigenvalue weighted by atomic mass is 16.1. The van der Waals surface area contributed by atoms with Crippen LogP contribution in [0.5, 0.6) is 0 Å². The lowest BCUT2D eigenvalue weighted by Gasteiger charge is -2.30. The Hall–Kier alpha value is -2.13. The lowest BCUT2D eigenvalue weighted by atomic mass is 9.91. The first-order chi connectivity index (χ1) is 12.5. The second kappa shape index (κ2) is 10.1. The molecule has 3 nitrogen and oxygen atoms in total. The van der Waals surface area contributed by atoms with Gasteiger partial charge in [-0.15, -0.1) is 0 Å². The third kappa shape index (κ3) is 5.99. The molecule has 2 rings (SSSR count). The minimum atomic E-state index is -0.162. The van der Waals surface area contributed by atoms with E-state index in [1.807, 2.05) is 48.5 Å². The van der Waals surface area contributed by atoms with E-state index in [0.717, 1.165) is 18.5 Å². The molecule has 0 spiro atoms. The van der Waals surface area contributed by atoms with Gasteiger partial charge in [0, 0.05) is 25.2 Å². The van der Waals surface area contributed by atoms with Crippen LogP contribution in [0.3, 0.4) is 0 Å². The Labute approximate surface area is 158 Å². The molecule has 1 unspecified atom stereocenters. The summed E-state index contributed by atoms with van der Waals surface area (Å²) in [5, 5.41) is 3.16. The summed E-state index contributed by atoms with van der Waals surface area (Å²) in [6, 6.07) is 21.3. The standard InChI is InChI=1S/C23H32N2O/c1-18(2)25(19(3)4)16-15-24-23(26)22(21-13-9-6-10-14-21)17-20-11-7-5-8-12-20/h5-14,18-19,22H,15-17H2,1-4H3,(H,24,26). The van der Waals surface area contributed by atoms with Gasteiger partial charge in [0.1, 0.15) is 0 Å². The van der Waals surface area contributed by atoms with Crippen LogP contribution in [0.25, 0.3) is 0 Å². The normalized spacial score (nSPS) is 12.6. The number of rotatable bonds is 9. The zero-order valence-corrected chi connectivity index (χ0v) is 16.5. The number of carbonyl (C=O) groups is 1. The summed E-state index contributed by atoms with van der Waals surface area (Å²) in [5.41, 5.74) is 2.25. The summed E-state index contributed by atoms with van der Waals surface area (Å²) in [5.74, 6) is -0.0577. The van der Waals surface area contributed by atoms with Crippen molar-refractivity contribution in [1.82, 2.24) is 10.2 Å². The second-order valence-electron chi connectivity index (χ2n) is 7.37. The van der Waals surface area contributed by atoms with Crippen molar-refractivity contribution in [1.29, 1.82) is 0 Å². The van der Waals surface area contributed by atoms with Gasteiger partial charge in [-0.3, -0.25) is 9.69 Å². The van der Waals surface area contributed by atoms with E-state index in [4.69, 9.17) is 0 Å². The molecule has 0 saturated carbocycles. The Bertz CT molecular complexity index is 644. The van der Waals surface area contributed by atoms with E-state index in [1.165, 1.54) is 5.56 Å². The van der Waals surface area contributed by atoms with Crippen molar-refractivity contribution in [2.24, 2.45) is 0 Å². The quantitative estimate of drug-likeness (QED) is 0.732. The van der Waals surface area contributed by atoms with Crippen molar-refractivity contribution in [3.63, 3.8) is 0 Å². The number of nitrogens with zero attached hydrogens (tertiary/aromatic N) is 1. The Morgan fingerprint density at radius 1 is 0.885 bits per heavy atom. The molecule has 0 bridgehead atoms. The first kappa shape index (κ1) is 20.2. The van der Waals surface area contributed by atoms with Gasteiger partial charge in [-0.05, 0) is 45.2 Å². The summed E-state index contributed by atoms with van der Waals surface area (Å²) < 4.78 is 0. The van der Waals surface area contributed by atoms with Crippen molar-refractivity contribution >= 4 is 5.91 Å². The molecule has 0 aliphatic carbocycles. The molecule has 1 amide bonds. The van der Waals surface area contributed by atoms with Crippen molar-refractivity contribution < 1.29 is 4.79 Å². The second-order valence-corrected chi connectivity index (χ2v) is 7.37. The van der Waals surface area contributed by atoms with Gasteiger partial charge in [-0.1, -0.05) is 60.7 Å². The highest BCUT2D eigenvalue weighted by Crippen LogP contribution is 2.21. The summed E-state index contributed by atoms with van der Waals surface area (Å²) in [6.45, 7) is 10.3. The SMILES string of the molecule is CC(C)N(CCNC(=O)C(Cc1ccccc1)c1ccccc1)C(C)C. The number of benzene rings is 2. The van der Waals surface area contributed by atoms with Crippen LogP contribution in [0.1, 0.15) is 44.7 Å². The molecule has 0 saturated heterocycles. The van der Waals surface area contributed by atoms with Crippen molar-refractivity contribution in [2.45, 2.75) is 52.1 Å². The zero-order chi connectivity index (χ0) is 18.9. The van der Waals surface area contributed by atoms with Gasteiger partial charge in [-0.2, -0.15) is 0 Å². The molecule has 3 heteroatoms. The maximum absolute atomic E-state index is 12.9. The van der Waals surface area contributed by atoms with E-state index >= 15 is 0 Å². The third-order valence-electron chi connectivity index (χ3n) is 4.80. The number of carbonyl (C=O) groups excluding carboxylic acids is 1. The number of nitrogens with one attached hydrogen (secondary N) is 1. The molecule has 0 aliphatic heterocycles. The monoisotopic (exact) mass is 352 g/mol. The molecular formula is C23H32N2O. The first-order valence-corrected chi connectivity index (χ1v) is 9.61. The fourth-order valence-corrected chi connectivity index (χ4v) is 3.44. The minimum absolute atomic E-state index is 0.104. The van der Waals surface area contributed by atoms with Gasteiger partial charge in [0.25, 0.3) is 0 Å². The summed E-state index contributed by atoms with van der Waals surface area (Å²) in [4.78, 5) is 15.3. The highest BCUT2D eigenvalue weighted by Gasteiger charge is 2.21. The van der Waals surface area contributed by atoms with E-state index in [1.54, 1.807) is 0 Å². The molecule has 0 radical (unpaired) electrons. The molecule has 2 aromatic rings. The van der Waals surface area contributed by atoms with Gasteiger partial charge in [0.05, 0.1) is 5.92 Å². The topological polar surface area (TPSA) is 32.3 Å². The van der Waals surface area contributed by atoms with Crippen LogP contribution in [0.2, 0.25) is 0 Å². The lowest BCUT2D eigenvalue weighted by molar-refractivity contribution is -0.122. The fourth-order valence-electron chi connectivity index (χ4n) is 3.44. The number of amides is 1. The van der Waals surface area contributed by atoms with Gasteiger partial charge >= 0.3 is 0 Å². The smallest absolute Gasteiger partial charge is 0.227 e. The summed E-state index contributed by atoms with van der Waals surface area (Å²) >= 11 is 0. The Balaban J connectivity index is 2.04. The van der Waals surface area contributed by atoms with Crippen molar-refractivity contribution in [3.05, 3.63) is 71.8 Å². The van der Waals surface area contributed by atoms with E-state index in [-0.39, 0.29) is 11.8 Å². The lowest BCUT2D eigenvalue weighted by Crippen LogP contribution is -2.43. The molecule has 26 heavy (non-hydrogen) atoms. The molecule has 140 valence electrons. The molecule has 1 N–H and O–H groups in total. The first-order valence-electron chi connectivity index (χ1n) is 9.61. The van der Waals surface area contributed by atoms with Crippen LogP contribution in [-0.2, 0) is 11.2 Å². The Morgan fingerprint density at radius 2 is 1.42 bits per heavy atom. The molecule has 2 aromatic carbocycles. The van der Waals surface area contributed by atoms with E-state index in [2.05, 4.69) is 50.0 Å². The molecule has 0 aromatic heterocycles. The third-order valence-corrected chi connectivity index (χ3v) is 4.80. The van der Waals surface area contributed by atoms with Crippen LogP contribution >= 0.6 is 0 Å². The summed E-state index contributed by atoms with van der Waals surface area (Å²) in [7, 11) is 0. The van der Waals surface area contributed by atoms with Crippen LogP contribution < -0.4 is 5.32 Å². The minimum Gasteiger partial charge on any atom is -0.354 e. The van der Waals surface area contributed by atoms with Gasteiger partial charge in [-0.25, -0.2) is 0 Å². The average Bonchev–Trinajstić information content (AvgIpc) is 2.64. The van der Waals surface area contributed by atoms with Crippen molar-refractivity contribution in [3.8, 4) is 0 Å². The van der Waals surface area contributed by atoms with Crippen LogP contribution in [0.4, 0.5) is 0 Å². The maximum atomic E-state index is 12.9. The van der Waals surface area contributed by atoms with Crippen LogP contribution in [0.15, 0.2) is 60.7 Å². The molecule has 0 fully saturated rings. The fraction of sp³-hybridized carbons (Fsp3) is 0.435. The van der Waals surface area contributed by atoms with E-state index in [9.17, 15) is 4.79 Å². The van der Waals surface area contributed by atoms with Gasteiger partial charge in [0.15, 0.2) is 0 Å². The average molecular weight is 353 g/mol. The van der Waals surface area contributed by atoms with E-state index in [0.29, 0.717) is 18.6 Å². The van der Waals surface area contributed by atoms with Crippen LogP contribution in [-0.4, -0.2) is 36.0 Å². The highest BCUT2D eigenvalue weighted by molar-refractivity contribution is 5.84. The molecule has 0 aliphatic rings. The molecule has 0 heterocycles. The molecular weight excluding hydrogens is 320 g/mol. The largest absolute Gasteiger partial charge is 0.354 e. The predicted molar refractivity (Wildman–Crippen MR) is 109 cm³/mol. The predicted octanol–water partition coefficient (Wildman–Crippen LogP) is 4.25. The maximum Gasteiger partial charge on any atom is 0.227 e. The van der Waals surface area contributed by atoms with E-state index < -0.39 is 0 Å².